The van der Waals surface area contributed by atoms with Crippen LogP contribution in [0, 0.1) is 13.8 Å². The van der Waals surface area contributed by atoms with Crippen LogP contribution in [0.4, 0.5) is 0 Å². The number of benzene rings is 1. The maximum absolute atomic E-state index is 12.7. The second-order valence-electron chi connectivity index (χ2n) is 6.65. The molecule has 2 unspecified atom stereocenters. The van der Waals surface area contributed by atoms with E-state index >= 15 is 0 Å². The SMILES string of the molecule is Cc1cc(C(=O)NC2CCNC(C)C2)c(C)n1-c1cccc(Cl)c1.Cl. The van der Waals surface area contributed by atoms with E-state index in [9.17, 15) is 4.79 Å². The minimum atomic E-state index is 0. The Morgan fingerprint density at radius 3 is 2.76 bits per heavy atom. The van der Waals surface area contributed by atoms with Crippen molar-refractivity contribution in [1.29, 1.82) is 0 Å². The van der Waals surface area contributed by atoms with E-state index in [2.05, 4.69) is 22.1 Å². The number of hydrogen-bond donors (Lipinski definition) is 2. The van der Waals surface area contributed by atoms with Crippen LogP contribution in [0.1, 0.15) is 41.5 Å². The summed E-state index contributed by atoms with van der Waals surface area (Å²) in [5, 5.41) is 7.29. The highest BCUT2D eigenvalue weighted by molar-refractivity contribution is 6.30. The molecule has 3 rings (SSSR count). The molecule has 2 aromatic rings. The Kier molecular flexibility index (Phi) is 6.55. The maximum atomic E-state index is 12.7. The zero-order chi connectivity index (χ0) is 17.3. The van der Waals surface area contributed by atoms with E-state index in [-0.39, 0.29) is 24.4 Å². The molecular weight excluding hydrogens is 357 g/mol. The Balaban J connectivity index is 0.00000225. The largest absolute Gasteiger partial charge is 0.349 e. The molecule has 0 aliphatic carbocycles. The van der Waals surface area contributed by atoms with Crippen molar-refractivity contribution in [3.8, 4) is 5.69 Å². The monoisotopic (exact) mass is 381 g/mol. The molecule has 136 valence electrons. The number of aromatic nitrogens is 1. The average Bonchev–Trinajstić information content (AvgIpc) is 2.82. The third-order valence-corrected chi connectivity index (χ3v) is 4.94. The highest BCUT2D eigenvalue weighted by Crippen LogP contribution is 2.23. The Bertz CT molecular complexity index is 757. The van der Waals surface area contributed by atoms with Crippen molar-refractivity contribution >= 4 is 29.9 Å². The molecule has 25 heavy (non-hydrogen) atoms. The van der Waals surface area contributed by atoms with E-state index < -0.39 is 0 Å². The number of nitrogens with zero attached hydrogens (tertiary/aromatic N) is 1. The average molecular weight is 382 g/mol. The number of halogens is 2. The topological polar surface area (TPSA) is 46.1 Å². The van der Waals surface area contributed by atoms with E-state index in [4.69, 9.17) is 11.6 Å². The van der Waals surface area contributed by atoms with E-state index in [1.165, 1.54) is 0 Å². The highest BCUT2D eigenvalue weighted by Gasteiger charge is 2.23. The molecule has 4 nitrogen and oxygen atoms in total. The van der Waals surface area contributed by atoms with Gasteiger partial charge in [-0.15, -0.1) is 12.4 Å². The number of carbonyl (C=O) groups is 1. The molecule has 2 N–H and O–H groups in total. The van der Waals surface area contributed by atoms with Gasteiger partial charge >= 0.3 is 0 Å². The first kappa shape index (κ1) is 19.8. The van der Waals surface area contributed by atoms with Gasteiger partial charge in [-0.2, -0.15) is 0 Å². The van der Waals surface area contributed by atoms with E-state index in [1.54, 1.807) is 0 Å². The van der Waals surface area contributed by atoms with Crippen molar-refractivity contribution in [2.24, 2.45) is 0 Å². The Morgan fingerprint density at radius 2 is 2.08 bits per heavy atom. The van der Waals surface area contributed by atoms with Crippen molar-refractivity contribution < 1.29 is 4.79 Å². The fourth-order valence-electron chi connectivity index (χ4n) is 3.53. The quantitative estimate of drug-likeness (QED) is 0.842. The second kappa shape index (κ2) is 8.26. The Hall–Kier alpha value is -1.49. The van der Waals surface area contributed by atoms with Crippen LogP contribution in [-0.4, -0.2) is 29.1 Å². The number of amides is 1. The standard InChI is InChI=1S/C19H24ClN3O.ClH/c1-12-9-16(7-8-21-12)22-19(24)18-10-13(2)23(14(18)3)17-6-4-5-15(20)11-17;/h4-6,10-12,16,21H,7-9H2,1-3H3,(H,22,24);1H. The summed E-state index contributed by atoms with van der Waals surface area (Å²) in [5.74, 6) is 0.00970. The van der Waals surface area contributed by atoms with E-state index in [1.807, 2.05) is 44.2 Å². The normalized spacial score (nSPS) is 20.0. The lowest BCUT2D eigenvalue weighted by molar-refractivity contribution is 0.0925. The molecule has 1 fully saturated rings. The number of piperidine rings is 1. The molecule has 1 aromatic heterocycles. The predicted molar refractivity (Wildman–Crippen MR) is 105 cm³/mol. The fraction of sp³-hybridized carbons (Fsp3) is 0.421. The number of aryl methyl sites for hydroxylation is 1. The first-order valence-electron chi connectivity index (χ1n) is 8.45. The molecule has 0 spiro atoms. The van der Waals surface area contributed by atoms with Crippen LogP contribution in [0.5, 0.6) is 0 Å². The van der Waals surface area contributed by atoms with Gasteiger partial charge in [-0.3, -0.25) is 4.79 Å². The summed E-state index contributed by atoms with van der Waals surface area (Å²) in [6.07, 6.45) is 1.95. The van der Waals surface area contributed by atoms with Gasteiger partial charge in [0.05, 0.1) is 5.56 Å². The molecule has 2 heterocycles. The first-order chi connectivity index (χ1) is 11.5. The summed E-state index contributed by atoms with van der Waals surface area (Å²) >= 11 is 6.11. The summed E-state index contributed by atoms with van der Waals surface area (Å²) in [7, 11) is 0. The van der Waals surface area contributed by atoms with Crippen molar-refractivity contribution in [2.45, 2.75) is 45.7 Å². The van der Waals surface area contributed by atoms with Crippen LogP contribution in [-0.2, 0) is 0 Å². The third-order valence-electron chi connectivity index (χ3n) is 4.70. The molecule has 1 amide bonds. The van der Waals surface area contributed by atoms with Crippen LogP contribution in [0.3, 0.4) is 0 Å². The lowest BCUT2D eigenvalue weighted by Gasteiger charge is -2.28. The molecule has 1 saturated heterocycles. The molecule has 6 heteroatoms. The van der Waals surface area contributed by atoms with Crippen LogP contribution < -0.4 is 10.6 Å². The first-order valence-corrected chi connectivity index (χ1v) is 8.82. The number of rotatable bonds is 3. The molecule has 0 bridgehead atoms. The lowest BCUT2D eigenvalue weighted by atomic mass is 10.0. The molecule has 1 aliphatic rings. The van der Waals surface area contributed by atoms with Crippen molar-refractivity contribution in [2.75, 3.05) is 6.54 Å². The van der Waals surface area contributed by atoms with Crippen LogP contribution in [0.25, 0.3) is 5.69 Å². The van der Waals surface area contributed by atoms with Crippen molar-refractivity contribution in [3.63, 3.8) is 0 Å². The van der Waals surface area contributed by atoms with Gasteiger partial charge in [0, 0.05) is 34.2 Å². The minimum absolute atomic E-state index is 0. The van der Waals surface area contributed by atoms with Crippen molar-refractivity contribution in [1.82, 2.24) is 15.2 Å². The molecular formula is C19H25Cl2N3O. The fourth-order valence-corrected chi connectivity index (χ4v) is 3.72. The maximum Gasteiger partial charge on any atom is 0.253 e. The highest BCUT2D eigenvalue weighted by atomic mass is 35.5. The van der Waals surface area contributed by atoms with Crippen molar-refractivity contribution in [3.05, 3.63) is 52.3 Å². The van der Waals surface area contributed by atoms with Crippen LogP contribution >= 0.6 is 24.0 Å². The Morgan fingerprint density at radius 1 is 1.32 bits per heavy atom. The summed E-state index contributed by atoms with van der Waals surface area (Å²) in [6.45, 7) is 7.10. The lowest BCUT2D eigenvalue weighted by Crippen LogP contribution is -2.46. The van der Waals surface area contributed by atoms with Gasteiger partial charge in [-0.25, -0.2) is 0 Å². The molecule has 1 aliphatic heterocycles. The van der Waals surface area contributed by atoms with Gasteiger partial charge in [0.25, 0.3) is 5.91 Å². The summed E-state index contributed by atoms with van der Waals surface area (Å²) in [6, 6.07) is 10.3. The minimum Gasteiger partial charge on any atom is -0.349 e. The molecule has 2 atom stereocenters. The third kappa shape index (κ3) is 4.38. The second-order valence-corrected chi connectivity index (χ2v) is 7.09. The Labute approximate surface area is 160 Å². The van der Waals surface area contributed by atoms with Gasteiger partial charge in [0.1, 0.15) is 0 Å². The van der Waals surface area contributed by atoms with Gasteiger partial charge < -0.3 is 15.2 Å². The summed E-state index contributed by atoms with van der Waals surface area (Å²) in [4.78, 5) is 12.7. The smallest absolute Gasteiger partial charge is 0.253 e. The van der Waals surface area contributed by atoms with Crippen LogP contribution in [0.2, 0.25) is 5.02 Å². The van der Waals surface area contributed by atoms with Gasteiger partial charge in [-0.1, -0.05) is 17.7 Å². The zero-order valence-corrected chi connectivity index (χ0v) is 16.4. The zero-order valence-electron chi connectivity index (χ0n) is 14.8. The molecule has 0 saturated carbocycles. The van der Waals surface area contributed by atoms with E-state index in [0.29, 0.717) is 11.1 Å². The predicted octanol–water partition coefficient (Wildman–Crippen LogP) is 4.04. The van der Waals surface area contributed by atoms with Gasteiger partial charge in [0.15, 0.2) is 0 Å². The van der Waals surface area contributed by atoms with Crippen LogP contribution in [0.15, 0.2) is 30.3 Å². The number of nitrogens with one attached hydrogen (secondary N) is 2. The molecule has 0 radical (unpaired) electrons. The summed E-state index contributed by atoms with van der Waals surface area (Å²) < 4.78 is 2.08. The van der Waals surface area contributed by atoms with Gasteiger partial charge in [-0.05, 0) is 64.4 Å². The van der Waals surface area contributed by atoms with E-state index in [0.717, 1.165) is 42.0 Å². The number of hydrogen-bond acceptors (Lipinski definition) is 2. The molecule has 1 aromatic carbocycles. The summed E-state index contributed by atoms with van der Waals surface area (Å²) in [5.41, 5.74) is 3.68. The number of carbonyl (C=O) groups excluding carboxylic acids is 1. The van der Waals surface area contributed by atoms with Gasteiger partial charge in [0.2, 0.25) is 0 Å².